The molecule has 3 heterocycles. The second kappa shape index (κ2) is 12.5. The molecule has 49 heavy (non-hydrogen) atoms. The van der Waals surface area contributed by atoms with Gasteiger partial charge in [-0.3, -0.25) is 0 Å². The van der Waals surface area contributed by atoms with Gasteiger partial charge in [-0.1, -0.05) is 110 Å². The highest BCUT2D eigenvalue weighted by atomic mass is 15.2. The fourth-order valence-electron chi connectivity index (χ4n) is 9.52. The molecule has 4 aromatic carbocycles. The molecule has 0 fully saturated rings. The van der Waals surface area contributed by atoms with E-state index in [0.717, 1.165) is 32.1 Å². The number of para-hydroxylation sites is 2. The van der Waals surface area contributed by atoms with Gasteiger partial charge in [-0.05, 0) is 98.2 Å². The van der Waals surface area contributed by atoms with E-state index in [9.17, 15) is 0 Å². The van der Waals surface area contributed by atoms with Crippen molar-refractivity contribution >= 4 is 32.8 Å². The zero-order valence-electron chi connectivity index (χ0n) is 31.9. The second-order valence-corrected chi connectivity index (χ2v) is 16.3. The number of aromatic nitrogens is 3. The fraction of sp³-hybridized carbons (Fsp3) is 0.457. The number of fused-ring (bicyclic) bond motifs is 8. The quantitative estimate of drug-likeness (QED) is 0.131. The molecule has 6 aromatic rings. The number of hydrogen-bond donors (Lipinski definition) is 0. The van der Waals surface area contributed by atoms with Crippen LogP contribution in [0.5, 0.6) is 0 Å². The van der Waals surface area contributed by atoms with Gasteiger partial charge < -0.3 is 4.57 Å². The lowest BCUT2D eigenvalue weighted by atomic mass is 9.61. The van der Waals surface area contributed by atoms with E-state index in [1.54, 1.807) is 0 Å². The van der Waals surface area contributed by atoms with Gasteiger partial charge >= 0.3 is 0 Å². The van der Waals surface area contributed by atoms with Crippen molar-refractivity contribution < 1.29 is 4.57 Å². The molecule has 0 saturated carbocycles. The van der Waals surface area contributed by atoms with Crippen LogP contribution in [0.3, 0.4) is 0 Å². The van der Waals surface area contributed by atoms with Crippen LogP contribution >= 0.6 is 0 Å². The summed E-state index contributed by atoms with van der Waals surface area (Å²) in [5, 5.41) is 2.83. The van der Waals surface area contributed by atoms with E-state index in [0.29, 0.717) is 11.8 Å². The summed E-state index contributed by atoms with van der Waals surface area (Å²) in [5.74, 6) is 2.42. The second-order valence-electron chi connectivity index (χ2n) is 16.3. The van der Waals surface area contributed by atoms with Gasteiger partial charge in [0, 0.05) is 34.3 Å². The van der Waals surface area contributed by atoms with Gasteiger partial charge in [0.25, 0.3) is 5.82 Å². The number of aryl methyl sites for hydroxylation is 2. The normalized spacial score (nSPS) is 19.1. The number of rotatable bonds is 10. The Balaban J connectivity index is 1.72. The lowest BCUT2D eigenvalue weighted by molar-refractivity contribution is -0.743. The maximum atomic E-state index is 2.76. The fourth-order valence-corrected chi connectivity index (χ4v) is 9.52. The monoisotopic (exact) mass is 652 g/mol. The topological polar surface area (TPSA) is 13.7 Å². The first-order valence-electron chi connectivity index (χ1n) is 19.2. The van der Waals surface area contributed by atoms with Crippen molar-refractivity contribution in [1.82, 2.24) is 9.13 Å². The largest absolute Gasteiger partial charge is 0.340 e. The van der Waals surface area contributed by atoms with Crippen molar-refractivity contribution in [1.29, 1.82) is 0 Å². The Bertz CT molecular complexity index is 2190. The molecule has 0 N–H and O–H groups in total. The molecule has 0 radical (unpaired) electrons. The summed E-state index contributed by atoms with van der Waals surface area (Å²) >= 11 is 0. The SMILES string of the molecule is CCCCc1ccc2c3c(CC(C)C)cc(CC(C)C)c(-n4c5[n+](c6ccccc64)C(C)(CC)C(C)(CC)c4ccccc4-5)c3n(C)c2c1. The molecule has 0 saturated heterocycles. The number of benzene rings is 4. The number of nitrogens with zero attached hydrogens (tertiary/aromatic N) is 3. The van der Waals surface area contributed by atoms with Crippen LogP contribution in [0.2, 0.25) is 0 Å². The molecule has 0 spiro atoms. The average Bonchev–Trinajstić information content (AvgIpc) is 3.58. The number of hydrogen-bond acceptors (Lipinski definition) is 0. The molecule has 1 aliphatic rings. The molecule has 0 amide bonds. The summed E-state index contributed by atoms with van der Waals surface area (Å²) in [6.07, 6.45) is 7.81. The maximum absolute atomic E-state index is 2.76. The Labute approximate surface area is 295 Å². The third kappa shape index (κ3) is 4.93. The molecule has 2 aromatic heterocycles. The summed E-state index contributed by atoms with van der Waals surface area (Å²) in [5.41, 5.74) is 13.8. The van der Waals surface area contributed by atoms with Crippen molar-refractivity contribution in [2.24, 2.45) is 18.9 Å². The van der Waals surface area contributed by atoms with Gasteiger partial charge in [-0.2, -0.15) is 4.57 Å². The van der Waals surface area contributed by atoms with Gasteiger partial charge in [0.1, 0.15) is 5.54 Å². The molecular formula is C46H58N3+. The van der Waals surface area contributed by atoms with E-state index in [1.165, 1.54) is 85.0 Å². The van der Waals surface area contributed by atoms with E-state index in [1.807, 2.05) is 0 Å². The van der Waals surface area contributed by atoms with Crippen molar-refractivity contribution in [2.45, 2.75) is 118 Å². The smallest absolute Gasteiger partial charge is 0.295 e. The Hall–Kier alpha value is -3.85. The Kier molecular flexibility index (Phi) is 8.57. The molecule has 1 aliphatic heterocycles. The van der Waals surface area contributed by atoms with Crippen molar-refractivity contribution in [2.75, 3.05) is 0 Å². The average molecular weight is 653 g/mol. The van der Waals surface area contributed by atoms with Gasteiger partial charge in [-0.25, -0.2) is 4.57 Å². The van der Waals surface area contributed by atoms with Gasteiger partial charge in [0.15, 0.2) is 16.7 Å². The minimum Gasteiger partial charge on any atom is -0.340 e. The lowest BCUT2D eigenvalue weighted by Crippen LogP contribution is -2.67. The molecular weight excluding hydrogens is 595 g/mol. The van der Waals surface area contributed by atoms with Gasteiger partial charge in [-0.15, -0.1) is 0 Å². The first kappa shape index (κ1) is 33.6. The zero-order chi connectivity index (χ0) is 34.8. The zero-order valence-corrected chi connectivity index (χ0v) is 31.9. The van der Waals surface area contributed by atoms with E-state index in [2.05, 4.69) is 156 Å². The first-order chi connectivity index (χ1) is 23.5. The van der Waals surface area contributed by atoms with E-state index in [-0.39, 0.29) is 11.0 Å². The van der Waals surface area contributed by atoms with Crippen molar-refractivity contribution in [3.05, 3.63) is 95.1 Å². The van der Waals surface area contributed by atoms with Crippen LogP contribution in [0.4, 0.5) is 0 Å². The van der Waals surface area contributed by atoms with Crippen LogP contribution in [0.15, 0.2) is 72.8 Å². The van der Waals surface area contributed by atoms with Crippen LogP contribution in [0, 0.1) is 11.8 Å². The minimum atomic E-state index is -0.113. The van der Waals surface area contributed by atoms with E-state index >= 15 is 0 Å². The van der Waals surface area contributed by atoms with Gasteiger partial charge in [0.2, 0.25) is 0 Å². The summed E-state index contributed by atoms with van der Waals surface area (Å²) in [6.45, 7) is 21.6. The highest BCUT2D eigenvalue weighted by Crippen LogP contribution is 2.52. The predicted octanol–water partition coefficient (Wildman–Crippen LogP) is 11.8. The Morgan fingerprint density at radius 1 is 0.755 bits per heavy atom. The Morgan fingerprint density at radius 3 is 2.14 bits per heavy atom. The van der Waals surface area contributed by atoms with Crippen LogP contribution in [0.25, 0.3) is 49.9 Å². The summed E-state index contributed by atoms with van der Waals surface area (Å²) in [4.78, 5) is 0. The highest BCUT2D eigenvalue weighted by molar-refractivity contribution is 6.13. The van der Waals surface area contributed by atoms with E-state index < -0.39 is 0 Å². The summed E-state index contributed by atoms with van der Waals surface area (Å²) < 4.78 is 8.01. The van der Waals surface area contributed by atoms with Crippen molar-refractivity contribution in [3.8, 4) is 17.1 Å². The van der Waals surface area contributed by atoms with Gasteiger partial charge in [0.05, 0.1) is 11.1 Å². The predicted molar refractivity (Wildman–Crippen MR) is 210 cm³/mol. The third-order valence-corrected chi connectivity index (χ3v) is 12.4. The standard InChI is InChI=1S/C46H58N3/c1-11-14-19-32-24-25-36-40(28-32)47(10)43-41(36)33(26-30(4)5)29-34(27-31(6)7)42(43)48-38-22-17-18-23-39(38)49-44(48)35-20-15-16-21-37(35)45(8,12-2)46(49,9)13-3/h15-18,20-25,28-31H,11-14,19,26-27H2,1-10H3/q+1. The molecule has 3 heteroatoms. The number of imidazole rings is 1. The number of unbranched alkanes of at least 4 members (excludes halogenated alkanes) is 1. The molecule has 2 unspecified atom stereocenters. The molecule has 7 rings (SSSR count). The molecule has 3 nitrogen and oxygen atoms in total. The summed E-state index contributed by atoms with van der Waals surface area (Å²) in [7, 11) is 2.33. The summed E-state index contributed by atoms with van der Waals surface area (Å²) in [6, 6.07) is 28.5. The lowest BCUT2D eigenvalue weighted by Gasteiger charge is -2.47. The minimum absolute atomic E-state index is 0.0171. The van der Waals surface area contributed by atoms with Crippen LogP contribution < -0.4 is 4.57 Å². The van der Waals surface area contributed by atoms with Crippen LogP contribution in [-0.4, -0.2) is 9.13 Å². The van der Waals surface area contributed by atoms with Crippen LogP contribution in [-0.2, 0) is 37.3 Å². The third-order valence-electron chi connectivity index (χ3n) is 12.4. The van der Waals surface area contributed by atoms with E-state index in [4.69, 9.17) is 0 Å². The van der Waals surface area contributed by atoms with Crippen molar-refractivity contribution in [3.63, 3.8) is 0 Å². The molecule has 0 aliphatic carbocycles. The maximum Gasteiger partial charge on any atom is 0.295 e. The Morgan fingerprint density at radius 2 is 1.45 bits per heavy atom. The molecule has 0 bridgehead atoms. The molecule has 256 valence electrons. The first-order valence-corrected chi connectivity index (χ1v) is 19.2. The molecule has 2 atom stereocenters. The highest BCUT2D eigenvalue weighted by Gasteiger charge is 2.56. The van der Waals surface area contributed by atoms with Crippen LogP contribution in [0.1, 0.15) is 110 Å².